The van der Waals surface area contributed by atoms with E-state index in [0.29, 0.717) is 17.8 Å². The van der Waals surface area contributed by atoms with Crippen LogP contribution in [0.4, 0.5) is 0 Å². The second-order valence-electron chi connectivity index (χ2n) is 6.86. The molecule has 28 heavy (non-hydrogen) atoms. The van der Waals surface area contributed by atoms with E-state index in [1.807, 2.05) is 49.7 Å². The molecule has 0 bridgehead atoms. The van der Waals surface area contributed by atoms with Gasteiger partial charge in [0, 0.05) is 23.4 Å². The summed E-state index contributed by atoms with van der Waals surface area (Å²) in [5, 5.41) is 6.97. The van der Waals surface area contributed by atoms with Crippen LogP contribution in [0.15, 0.2) is 53.6 Å². The van der Waals surface area contributed by atoms with Crippen molar-refractivity contribution in [3.05, 3.63) is 71.6 Å². The van der Waals surface area contributed by atoms with Crippen molar-refractivity contribution in [2.24, 2.45) is 0 Å². The second kappa shape index (κ2) is 7.26. The predicted molar refractivity (Wildman–Crippen MR) is 104 cm³/mol. The van der Waals surface area contributed by atoms with Gasteiger partial charge in [0.05, 0.1) is 29.7 Å². The minimum atomic E-state index is -0.113. The molecule has 4 heterocycles. The van der Waals surface area contributed by atoms with Crippen LogP contribution in [-0.4, -0.2) is 27.0 Å². The van der Waals surface area contributed by atoms with Gasteiger partial charge >= 0.3 is 0 Å². The molecule has 0 spiro atoms. The number of fused-ring (bicyclic) bond motifs is 1. The zero-order valence-electron chi connectivity index (χ0n) is 16.1. The topological polar surface area (TPSA) is 76.3 Å². The van der Waals surface area contributed by atoms with E-state index < -0.39 is 0 Å². The summed E-state index contributed by atoms with van der Waals surface area (Å²) in [5.41, 5.74) is 5.12. The number of carbonyl (C=O) groups is 1. The quantitative estimate of drug-likeness (QED) is 0.543. The van der Waals surface area contributed by atoms with Crippen molar-refractivity contribution in [3.63, 3.8) is 0 Å². The third-order valence-electron chi connectivity index (χ3n) is 4.73. The van der Waals surface area contributed by atoms with Crippen molar-refractivity contribution in [2.75, 3.05) is 6.54 Å². The first-order valence-corrected chi connectivity index (χ1v) is 9.17. The fourth-order valence-electron chi connectivity index (χ4n) is 3.35. The number of imidazole rings is 1. The highest BCUT2D eigenvalue weighted by molar-refractivity contribution is 5.95. The lowest BCUT2D eigenvalue weighted by Crippen LogP contribution is -2.40. The highest BCUT2D eigenvalue weighted by Gasteiger charge is 2.16. The zero-order chi connectivity index (χ0) is 19.7. The van der Waals surface area contributed by atoms with Crippen LogP contribution in [0.3, 0.4) is 0 Å². The molecule has 0 unspecified atom stereocenters. The number of nitrogens with one attached hydrogen (secondary N) is 1. The van der Waals surface area contributed by atoms with Gasteiger partial charge in [0.1, 0.15) is 11.4 Å². The van der Waals surface area contributed by atoms with E-state index in [9.17, 15) is 4.79 Å². The van der Waals surface area contributed by atoms with E-state index in [0.717, 1.165) is 29.3 Å². The molecule has 0 aliphatic carbocycles. The Labute approximate surface area is 162 Å². The molecule has 0 saturated heterocycles. The average molecular weight is 376 g/mol. The third kappa shape index (κ3) is 3.38. The normalized spacial score (nSPS) is 11.1. The van der Waals surface area contributed by atoms with Crippen molar-refractivity contribution < 1.29 is 13.9 Å². The van der Waals surface area contributed by atoms with Crippen molar-refractivity contribution in [3.8, 4) is 11.3 Å². The summed E-state index contributed by atoms with van der Waals surface area (Å²) in [7, 11) is 0. The number of nitrogens with zero attached hydrogens (tertiary/aromatic N) is 4. The van der Waals surface area contributed by atoms with Crippen molar-refractivity contribution >= 4 is 11.6 Å². The number of hydrogen-bond donors (Lipinski definition) is 1. The third-order valence-corrected chi connectivity index (χ3v) is 4.73. The Kier molecular flexibility index (Phi) is 4.65. The van der Waals surface area contributed by atoms with Gasteiger partial charge in [-0.15, -0.1) is 0 Å². The summed E-state index contributed by atoms with van der Waals surface area (Å²) in [4.78, 5) is 17.0. The van der Waals surface area contributed by atoms with Gasteiger partial charge in [-0.1, -0.05) is 5.16 Å². The number of carbonyl (C=O) groups excluding carboxylic acids is 1. The number of aromatic nitrogens is 4. The molecule has 4 rings (SSSR count). The molecule has 7 nitrogen and oxygen atoms in total. The monoisotopic (exact) mass is 376 g/mol. The van der Waals surface area contributed by atoms with Gasteiger partial charge in [-0.25, -0.2) is 9.55 Å². The van der Waals surface area contributed by atoms with Crippen LogP contribution in [0.25, 0.3) is 16.9 Å². The first-order chi connectivity index (χ1) is 13.5. The highest BCUT2D eigenvalue weighted by atomic mass is 16.5. The van der Waals surface area contributed by atoms with Gasteiger partial charge in [-0.2, -0.15) is 0 Å². The van der Waals surface area contributed by atoms with Crippen molar-refractivity contribution in [2.45, 2.75) is 27.3 Å². The molecular weight excluding hydrogens is 354 g/mol. The molecule has 0 aliphatic heterocycles. The van der Waals surface area contributed by atoms with Crippen molar-refractivity contribution in [1.29, 1.82) is 0 Å². The van der Waals surface area contributed by atoms with Gasteiger partial charge in [0.25, 0.3) is 5.91 Å². The van der Waals surface area contributed by atoms with E-state index in [1.165, 1.54) is 5.56 Å². The van der Waals surface area contributed by atoms with E-state index in [2.05, 4.69) is 26.2 Å². The Balaban J connectivity index is 1.50. The van der Waals surface area contributed by atoms with Crippen LogP contribution in [0.2, 0.25) is 0 Å². The number of amides is 1. The molecule has 0 aromatic carbocycles. The minimum Gasteiger partial charge on any atom is -0.361 e. The Morgan fingerprint density at radius 1 is 1.29 bits per heavy atom. The van der Waals surface area contributed by atoms with Crippen LogP contribution in [0.5, 0.6) is 0 Å². The molecular formula is C21H22N5O2+. The molecule has 4 aromatic heterocycles. The maximum Gasteiger partial charge on any atom is 0.251 e. The van der Waals surface area contributed by atoms with E-state index in [-0.39, 0.29) is 5.91 Å². The summed E-state index contributed by atoms with van der Waals surface area (Å²) in [6.45, 7) is 7.10. The average Bonchev–Trinajstić information content (AvgIpc) is 3.23. The number of rotatable bonds is 5. The lowest BCUT2D eigenvalue weighted by Gasteiger charge is -2.05. The summed E-state index contributed by atoms with van der Waals surface area (Å²) < 4.78 is 9.26. The lowest BCUT2D eigenvalue weighted by molar-refractivity contribution is -0.695. The first-order valence-electron chi connectivity index (χ1n) is 9.17. The van der Waals surface area contributed by atoms with E-state index in [1.54, 1.807) is 18.3 Å². The van der Waals surface area contributed by atoms with Crippen molar-refractivity contribution in [1.82, 2.24) is 19.9 Å². The van der Waals surface area contributed by atoms with Gasteiger partial charge < -0.3 is 9.84 Å². The molecule has 1 N–H and O–H groups in total. The summed E-state index contributed by atoms with van der Waals surface area (Å²) in [6.07, 6.45) is 7.68. The first kappa shape index (κ1) is 17.9. The van der Waals surface area contributed by atoms with Crippen LogP contribution < -0.4 is 9.88 Å². The maximum absolute atomic E-state index is 12.5. The molecule has 0 aliphatic rings. The largest absolute Gasteiger partial charge is 0.361 e. The van der Waals surface area contributed by atoms with Gasteiger partial charge in [-0.3, -0.25) is 9.20 Å². The Morgan fingerprint density at radius 3 is 2.89 bits per heavy atom. The van der Waals surface area contributed by atoms with Crippen LogP contribution in [0.1, 0.15) is 27.4 Å². The summed E-state index contributed by atoms with van der Waals surface area (Å²) in [5.74, 6) is 0.632. The number of aryl methyl sites for hydroxylation is 3. The molecule has 7 heteroatoms. The SMILES string of the molecule is Cc1ccc[n+](CCNC(=O)c2ccn3c(-c4c(C)noc4C)cnc3c2)c1. The van der Waals surface area contributed by atoms with E-state index >= 15 is 0 Å². The number of pyridine rings is 2. The lowest BCUT2D eigenvalue weighted by atomic mass is 10.1. The van der Waals surface area contributed by atoms with Gasteiger partial charge in [-0.05, 0) is 39.0 Å². The smallest absolute Gasteiger partial charge is 0.251 e. The zero-order valence-corrected chi connectivity index (χ0v) is 16.1. The van der Waals surface area contributed by atoms with E-state index in [4.69, 9.17) is 4.52 Å². The molecule has 4 aromatic rings. The summed E-state index contributed by atoms with van der Waals surface area (Å²) in [6, 6.07) is 7.63. The number of hydrogen-bond acceptors (Lipinski definition) is 4. The Hall–Kier alpha value is -3.48. The van der Waals surface area contributed by atoms with Crippen LogP contribution >= 0.6 is 0 Å². The fraction of sp³-hybridized carbons (Fsp3) is 0.238. The minimum absolute atomic E-state index is 0.113. The van der Waals surface area contributed by atoms with Crippen LogP contribution in [-0.2, 0) is 6.54 Å². The Morgan fingerprint density at radius 2 is 2.14 bits per heavy atom. The second-order valence-corrected chi connectivity index (χ2v) is 6.86. The Bertz CT molecular complexity index is 1140. The molecule has 1 amide bonds. The molecule has 0 atom stereocenters. The predicted octanol–water partition coefficient (Wildman–Crippen LogP) is 2.63. The highest BCUT2D eigenvalue weighted by Crippen LogP contribution is 2.27. The molecule has 0 fully saturated rings. The van der Waals surface area contributed by atoms with Crippen LogP contribution in [0, 0.1) is 20.8 Å². The fourth-order valence-corrected chi connectivity index (χ4v) is 3.35. The molecule has 0 radical (unpaired) electrons. The van der Waals surface area contributed by atoms with Gasteiger partial charge in [0.2, 0.25) is 0 Å². The molecule has 142 valence electrons. The van der Waals surface area contributed by atoms with Gasteiger partial charge in [0.15, 0.2) is 18.9 Å². The summed E-state index contributed by atoms with van der Waals surface area (Å²) >= 11 is 0. The maximum atomic E-state index is 12.5. The molecule has 0 saturated carbocycles. The standard InChI is InChI=1S/C21H21N5O2/c1-14-5-4-8-25(13-14)10-7-22-21(27)17-6-9-26-18(12-23-19(26)11-17)20-15(2)24-28-16(20)3/h4-6,8-9,11-13H,7,10H2,1-3H3/p+1.